The third-order valence-electron chi connectivity index (χ3n) is 14.9. The van der Waals surface area contributed by atoms with E-state index < -0.39 is 302 Å². The molecule has 6 heterocycles. The molecule has 0 bridgehead atoms. The minimum absolute atomic E-state index is 0. The summed E-state index contributed by atoms with van der Waals surface area (Å²) in [5.41, 5.74) is 0. The summed E-state index contributed by atoms with van der Waals surface area (Å²) in [5.74, 6) is -7.73. The van der Waals surface area contributed by atoms with Gasteiger partial charge in [-0.3, -0.25) is 41.7 Å². The number of carboxylic acids is 3. The van der Waals surface area contributed by atoms with Crippen LogP contribution in [-0.4, -0.2) is 400 Å². The molecule has 30 atom stereocenters. The van der Waals surface area contributed by atoms with Gasteiger partial charge in [0.2, 0.25) is 17.7 Å². The fourth-order valence-corrected chi connectivity index (χ4v) is 13.0. The van der Waals surface area contributed by atoms with Crippen LogP contribution >= 0.6 is 0 Å². The molecule has 6 aliphatic rings. The summed E-state index contributed by atoms with van der Waals surface area (Å²) in [6.07, 6.45) is -54.8. The summed E-state index contributed by atoms with van der Waals surface area (Å²) < 4.78 is 278. The van der Waals surface area contributed by atoms with Gasteiger partial charge in [-0.2, -0.15) is 50.5 Å². The van der Waals surface area contributed by atoms with Crippen molar-refractivity contribution in [3.05, 3.63) is 0 Å². The van der Waals surface area contributed by atoms with E-state index in [1.54, 1.807) is 0 Å². The molecular formula is C45H75N3NaO54S6+. The number of aliphatic hydroxyl groups is 9. The van der Waals surface area contributed by atoms with E-state index in [9.17, 15) is 154 Å². The summed E-state index contributed by atoms with van der Waals surface area (Å²) in [5, 5.41) is 125. The number of aliphatic carboxylic acids is 3. The maximum absolute atomic E-state index is 11.8. The van der Waals surface area contributed by atoms with Crippen LogP contribution in [0.25, 0.3) is 0 Å². The monoisotopic (exact) mass is 1740 g/mol. The fourth-order valence-electron chi connectivity index (χ4n) is 10.6. The normalized spacial score (nSPS) is 37.5. The Balaban J connectivity index is 0.000000422. The van der Waals surface area contributed by atoms with Gasteiger partial charge in [-0.15, -0.1) is 0 Å². The molecule has 0 spiro atoms. The van der Waals surface area contributed by atoms with Gasteiger partial charge in [-0.25, -0.2) is 39.5 Å². The van der Waals surface area contributed by atoms with Crippen LogP contribution in [0.2, 0.25) is 0 Å². The van der Waals surface area contributed by atoms with Gasteiger partial charge in [0.25, 0.3) is 0 Å². The molecule has 6 fully saturated rings. The van der Waals surface area contributed by atoms with Gasteiger partial charge < -0.3 is 134 Å². The van der Waals surface area contributed by atoms with E-state index in [1.807, 2.05) is 0 Å². The van der Waals surface area contributed by atoms with E-state index in [1.165, 1.54) is 0 Å². The Morgan fingerprint density at radius 1 is 0.312 bits per heavy atom. The van der Waals surface area contributed by atoms with Crippen LogP contribution in [0.15, 0.2) is 0 Å². The van der Waals surface area contributed by atoms with Crippen molar-refractivity contribution in [2.24, 2.45) is 0 Å². The maximum atomic E-state index is 11.8. The first-order chi connectivity index (χ1) is 49.3. The second kappa shape index (κ2) is 41.2. The molecule has 21 N–H and O–H groups in total. The summed E-state index contributed by atoms with van der Waals surface area (Å²) >= 11 is 0. The van der Waals surface area contributed by atoms with Gasteiger partial charge in [-0.1, -0.05) is 0 Å². The first-order valence-electron chi connectivity index (χ1n) is 29.3. The number of hydrogen-bond acceptors (Lipinski definition) is 45. The Morgan fingerprint density at radius 2 is 0.514 bits per heavy atom. The average molecular weight is 1740 g/mol. The van der Waals surface area contributed by atoms with E-state index >= 15 is 0 Å². The Bertz CT molecular complexity index is 3390. The SMILES string of the molecule is CO[C@H]1O[C@H](COS(=O)(=O)O)[C@@H](OS(=O)(=O)O)[C@H](O[C@@H]2O[C@H](C(=O)O)[C@@H](O)[C@H](O)[C@H]2O)[C@H]1NC(C)=O.CO[C@H]1O[C@H](COS(=O)(=O)O)[C@@H](OS(=O)(=O)O)[C@H](O[C@@H]2O[C@H](C(=O)O)[C@@H](O)[C@H](O)[C@H]2O)[C@H]1NC(C)=O.CO[C@H]1O[C@H](COS(=O)(=O)O)[C@@H](OS(=O)(=O)O)[C@H](O[C@@H]2O[C@H](C(=O)O)[C@@H](O)[C@H](O)[C@H]2O)[C@H]1NC(C)=O.[Na+]. The second-order valence-electron chi connectivity index (χ2n) is 22.6. The first kappa shape index (κ1) is 99.4. The molecule has 0 aromatic heterocycles. The van der Waals surface area contributed by atoms with Crippen molar-refractivity contribution in [1.82, 2.24) is 16.0 Å². The van der Waals surface area contributed by atoms with E-state index in [0.717, 1.165) is 42.1 Å². The van der Waals surface area contributed by atoms with Crippen molar-refractivity contribution >= 4 is 98.0 Å². The Morgan fingerprint density at radius 3 is 0.670 bits per heavy atom. The minimum atomic E-state index is -5.39. The number of carbonyl (C=O) groups is 6. The molecule has 109 heavy (non-hydrogen) atoms. The van der Waals surface area contributed by atoms with Crippen molar-refractivity contribution in [3.8, 4) is 0 Å². The molecular weight excluding hydrogens is 1660 g/mol. The van der Waals surface area contributed by atoms with Crippen molar-refractivity contribution in [2.75, 3.05) is 41.2 Å². The van der Waals surface area contributed by atoms with Crippen LogP contribution in [0, 0.1) is 0 Å². The Hall–Kier alpha value is -3.80. The van der Waals surface area contributed by atoms with E-state index in [2.05, 4.69) is 41.0 Å². The molecule has 0 aromatic carbocycles. The summed E-state index contributed by atoms with van der Waals surface area (Å²) in [6.45, 7) is -0.496. The maximum Gasteiger partial charge on any atom is 1.00 e. The predicted molar refractivity (Wildman–Crippen MR) is 319 cm³/mol. The summed E-state index contributed by atoms with van der Waals surface area (Å²) in [6, 6.07) is -4.74. The number of aliphatic hydroxyl groups excluding tert-OH is 9. The minimum Gasteiger partial charge on any atom is -0.479 e. The zero-order chi connectivity index (χ0) is 82.8. The standard InChI is InChI=1S/3C15H25NO18S2.Na/c3*1-4(17)16-6-11(32-15-9(20)7(18)8(19)12(33-15)13(21)22)10(34-36(26,27)28)5(31-14(6)29-2)3-30-35(23,24)25;/h3*5-12,14-15,18-20H,3H2,1-2H3,(H,16,17)(H,21,22)(H,23,24,25)(H,26,27,28);/q;;;+1/t3*5-,6-,7+,8+,9-,10-,11-,12+,14+,15-;/m111./s1. The summed E-state index contributed by atoms with van der Waals surface area (Å²) in [4.78, 5) is 69.5. The molecule has 0 saturated carbocycles. The third kappa shape index (κ3) is 29.8. The van der Waals surface area contributed by atoms with Crippen LogP contribution in [0.5, 0.6) is 0 Å². The number of carbonyl (C=O) groups excluding carboxylic acids is 3. The zero-order valence-corrected chi connectivity index (χ0v) is 63.0. The fraction of sp³-hybridized carbons (Fsp3) is 0.867. The largest absolute Gasteiger partial charge is 1.00 e. The number of methoxy groups -OCH3 is 3. The van der Waals surface area contributed by atoms with Crippen LogP contribution in [0.1, 0.15) is 20.8 Å². The molecule has 6 rings (SSSR count). The van der Waals surface area contributed by atoms with Gasteiger partial charge in [0, 0.05) is 42.1 Å². The molecule has 6 aliphatic heterocycles. The van der Waals surface area contributed by atoms with Gasteiger partial charge in [-0.05, 0) is 0 Å². The van der Waals surface area contributed by atoms with E-state index in [-0.39, 0.29) is 29.6 Å². The van der Waals surface area contributed by atoms with E-state index in [4.69, 9.17) is 70.5 Å². The summed E-state index contributed by atoms with van der Waals surface area (Å²) in [7, 11) is -28.4. The molecule has 3 amide bonds. The molecule has 0 aromatic rings. The van der Waals surface area contributed by atoms with Crippen molar-refractivity contribution in [2.45, 2.75) is 205 Å². The molecule has 57 nitrogen and oxygen atoms in total. The Labute approximate surface area is 635 Å². The quantitative estimate of drug-likeness (QED) is 0.0235. The number of amides is 3. The number of ether oxygens (including phenoxy) is 12. The zero-order valence-electron chi connectivity index (χ0n) is 56.1. The third-order valence-corrected chi connectivity index (χ3v) is 17.6. The smallest absolute Gasteiger partial charge is 0.479 e. The van der Waals surface area contributed by atoms with Gasteiger partial charge >= 0.3 is 110 Å². The number of carboxylic acid groups (broad SMARTS) is 3. The van der Waals surface area contributed by atoms with Crippen LogP contribution < -0.4 is 45.5 Å². The molecule has 0 radical (unpaired) electrons. The molecule has 630 valence electrons. The molecule has 6 saturated heterocycles. The Kier molecular flexibility index (Phi) is 37.5. The van der Waals surface area contributed by atoms with Crippen LogP contribution in [0.4, 0.5) is 0 Å². The molecule has 64 heteroatoms. The second-order valence-corrected chi connectivity index (χ2v) is 29.0. The van der Waals surface area contributed by atoms with Crippen molar-refractivity contribution in [1.29, 1.82) is 0 Å². The predicted octanol–water partition coefficient (Wildman–Crippen LogP) is -17.6. The van der Waals surface area contributed by atoms with Crippen molar-refractivity contribution in [3.63, 3.8) is 0 Å². The average Bonchev–Trinajstić information content (AvgIpc) is 0.778. The number of hydrogen-bond donors (Lipinski definition) is 21. The van der Waals surface area contributed by atoms with E-state index in [0.29, 0.717) is 0 Å². The number of rotatable bonds is 30. The van der Waals surface area contributed by atoms with Gasteiger partial charge in [0.15, 0.2) is 56.1 Å². The van der Waals surface area contributed by atoms with Crippen LogP contribution in [0.3, 0.4) is 0 Å². The molecule has 0 aliphatic carbocycles. The van der Waals surface area contributed by atoms with Crippen LogP contribution in [-0.2, 0) is 173 Å². The van der Waals surface area contributed by atoms with Gasteiger partial charge in [0.1, 0.15) is 128 Å². The first-order valence-corrected chi connectivity index (χ1v) is 37.5. The molecule has 0 unspecified atom stereocenters. The van der Waals surface area contributed by atoms with Gasteiger partial charge in [0.05, 0.1) is 19.8 Å². The van der Waals surface area contributed by atoms with Crippen molar-refractivity contribution < 1.29 is 279 Å². The number of nitrogens with one attached hydrogen (secondary N) is 3. The topological polar surface area (TPSA) is 874 Å².